The van der Waals surface area contributed by atoms with Crippen LogP contribution in [0.4, 0.5) is 0 Å². The Bertz CT molecular complexity index is 1520. The van der Waals surface area contributed by atoms with E-state index >= 15 is 0 Å². The average molecular weight is 536 g/mol. The number of nitrogens with zero attached hydrogens (tertiary/aromatic N) is 1. The van der Waals surface area contributed by atoms with E-state index in [0.29, 0.717) is 12.4 Å². The van der Waals surface area contributed by atoms with Crippen LogP contribution in [0.3, 0.4) is 0 Å². The molecule has 1 aromatic heterocycles. The van der Waals surface area contributed by atoms with E-state index in [1.165, 1.54) is 0 Å². The zero-order valence-corrected chi connectivity index (χ0v) is 23.0. The van der Waals surface area contributed by atoms with Crippen LogP contribution >= 0.6 is 0 Å². The molecule has 0 fully saturated rings. The predicted molar refractivity (Wildman–Crippen MR) is 147 cm³/mol. The number of benzene rings is 3. The molecule has 0 spiro atoms. The van der Waals surface area contributed by atoms with Crippen molar-refractivity contribution in [1.82, 2.24) is 4.57 Å². The lowest BCUT2D eigenvalue weighted by molar-refractivity contribution is -0.158. The van der Waals surface area contributed by atoms with Crippen LogP contribution in [0.15, 0.2) is 83.9 Å². The highest BCUT2D eigenvalue weighted by atomic mass is 32.2. The molecule has 0 saturated heterocycles. The largest absolute Gasteiger partial charge is 0.476 e. The number of ether oxygens (including phenoxy) is 2. The summed E-state index contributed by atoms with van der Waals surface area (Å²) in [4.78, 5) is 12.3. The molecular weight excluding hydrogens is 502 g/mol. The van der Waals surface area contributed by atoms with Gasteiger partial charge in [-0.3, -0.25) is 0 Å². The van der Waals surface area contributed by atoms with Crippen molar-refractivity contribution in [2.24, 2.45) is 0 Å². The number of carbonyl (C=O) groups is 1. The molecule has 4 rings (SSSR count). The number of aromatic nitrogens is 1. The number of carbonyl (C=O) groups excluding carboxylic acids is 1. The van der Waals surface area contributed by atoms with Crippen molar-refractivity contribution in [3.63, 3.8) is 0 Å². The van der Waals surface area contributed by atoms with Gasteiger partial charge in [-0.05, 0) is 94.6 Å². The van der Waals surface area contributed by atoms with E-state index < -0.39 is 21.7 Å². The number of fused-ring (bicyclic) bond motifs is 1. The van der Waals surface area contributed by atoms with Gasteiger partial charge in [0.05, 0.1) is 6.61 Å². The highest BCUT2D eigenvalue weighted by Crippen LogP contribution is 2.26. The van der Waals surface area contributed by atoms with E-state index in [1.807, 2.05) is 49.5 Å². The van der Waals surface area contributed by atoms with Crippen molar-refractivity contribution in [2.75, 3.05) is 6.61 Å². The van der Waals surface area contributed by atoms with Gasteiger partial charge in [-0.2, -0.15) is 8.42 Å². The molecule has 8 heteroatoms. The van der Waals surface area contributed by atoms with Gasteiger partial charge >= 0.3 is 16.1 Å². The molecule has 0 amide bonds. The lowest BCUT2D eigenvalue weighted by Gasteiger charge is -2.24. The molecular formula is C30H33NO6S. The Balaban J connectivity index is 1.38. The van der Waals surface area contributed by atoms with Gasteiger partial charge in [-0.1, -0.05) is 29.8 Å². The molecule has 0 unspecified atom stereocenters. The molecule has 0 saturated carbocycles. The number of aryl methyl sites for hydroxylation is 3. The molecule has 0 bridgehead atoms. The van der Waals surface area contributed by atoms with Crippen molar-refractivity contribution in [3.8, 4) is 11.5 Å². The average Bonchev–Trinajstić information content (AvgIpc) is 3.26. The van der Waals surface area contributed by atoms with Gasteiger partial charge in [0.25, 0.3) is 0 Å². The Morgan fingerprint density at radius 1 is 0.947 bits per heavy atom. The summed E-state index contributed by atoms with van der Waals surface area (Å²) in [5, 5.41) is 0.901. The second-order valence-corrected chi connectivity index (χ2v) is 11.2. The molecule has 4 aromatic rings. The molecule has 3 aromatic carbocycles. The van der Waals surface area contributed by atoms with E-state index in [2.05, 4.69) is 4.57 Å². The second-order valence-electron chi connectivity index (χ2n) is 9.66. The Kier molecular flexibility index (Phi) is 8.11. The third-order valence-electron chi connectivity index (χ3n) is 6.16. The molecule has 200 valence electrons. The van der Waals surface area contributed by atoms with E-state index in [1.54, 1.807) is 57.2 Å². The van der Waals surface area contributed by atoms with Gasteiger partial charge in [-0.25, -0.2) is 4.79 Å². The summed E-state index contributed by atoms with van der Waals surface area (Å²) in [6, 6.07) is 21.6. The molecule has 1 heterocycles. The highest BCUT2D eigenvalue weighted by molar-refractivity contribution is 7.87. The first kappa shape index (κ1) is 27.3. The maximum atomic E-state index is 12.6. The zero-order valence-electron chi connectivity index (χ0n) is 22.1. The summed E-state index contributed by atoms with van der Waals surface area (Å²) >= 11 is 0. The standard InChI is InChI=1S/C30H33NO6S/c1-5-35-29(32)30(3,4)36-25-10-6-8-23(20-25)9-7-18-31-19-17-24-21-26(13-16-28(24)31)37-38(33,34)27-14-11-22(2)12-15-27/h6,8,10-17,19-21H,5,7,9,18H2,1-4H3. The summed E-state index contributed by atoms with van der Waals surface area (Å²) < 4.78 is 43.8. The minimum Gasteiger partial charge on any atom is -0.476 e. The summed E-state index contributed by atoms with van der Waals surface area (Å²) in [6.45, 7) is 8.15. The molecule has 0 aliphatic rings. The molecule has 0 aliphatic heterocycles. The first-order valence-electron chi connectivity index (χ1n) is 12.6. The van der Waals surface area contributed by atoms with E-state index in [0.717, 1.165) is 41.4 Å². The van der Waals surface area contributed by atoms with Crippen LogP contribution in [0, 0.1) is 6.92 Å². The van der Waals surface area contributed by atoms with Crippen LogP contribution in [0.5, 0.6) is 11.5 Å². The first-order chi connectivity index (χ1) is 18.1. The maximum Gasteiger partial charge on any atom is 0.349 e. The van der Waals surface area contributed by atoms with Crippen LogP contribution in [0.25, 0.3) is 10.9 Å². The van der Waals surface area contributed by atoms with Crippen LogP contribution in [0.2, 0.25) is 0 Å². The van der Waals surface area contributed by atoms with Crippen LogP contribution in [-0.2, 0) is 32.6 Å². The Morgan fingerprint density at radius 2 is 1.71 bits per heavy atom. The van der Waals surface area contributed by atoms with Crippen LogP contribution < -0.4 is 8.92 Å². The predicted octanol–water partition coefficient (Wildman–Crippen LogP) is 6.07. The minimum absolute atomic E-state index is 0.125. The number of hydrogen-bond donors (Lipinski definition) is 0. The van der Waals surface area contributed by atoms with Crippen molar-refractivity contribution in [1.29, 1.82) is 0 Å². The second kappa shape index (κ2) is 11.3. The molecule has 0 radical (unpaired) electrons. The fourth-order valence-corrected chi connectivity index (χ4v) is 5.09. The summed E-state index contributed by atoms with van der Waals surface area (Å²) in [7, 11) is -3.90. The number of esters is 1. The molecule has 38 heavy (non-hydrogen) atoms. The Morgan fingerprint density at radius 3 is 2.45 bits per heavy atom. The van der Waals surface area contributed by atoms with Crippen molar-refractivity contribution >= 4 is 27.0 Å². The number of rotatable bonds is 11. The highest BCUT2D eigenvalue weighted by Gasteiger charge is 2.31. The number of hydrogen-bond acceptors (Lipinski definition) is 6. The van der Waals surface area contributed by atoms with E-state index in [9.17, 15) is 13.2 Å². The summed E-state index contributed by atoms with van der Waals surface area (Å²) in [5.41, 5.74) is 2.01. The van der Waals surface area contributed by atoms with Crippen LogP contribution in [0.1, 0.15) is 38.3 Å². The van der Waals surface area contributed by atoms with Crippen molar-refractivity contribution in [3.05, 3.63) is 90.1 Å². The first-order valence-corrected chi connectivity index (χ1v) is 14.0. The lowest BCUT2D eigenvalue weighted by Crippen LogP contribution is -2.39. The fraction of sp³-hybridized carbons (Fsp3) is 0.300. The van der Waals surface area contributed by atoms with Gasteiger partial charge in [0.1, 0.15) is 16.4 Å². The zero-order chi connectivity index (χ0) is 27.3. The quantitative estimate of drug-likeness (QED) is 0.171. The smallest absolute Gasteiger partial charge is 0.349 e. The fourth-order valence-electron chi connectivity index (χ4n) is 4.16. The van der Waals surface area contributed by atoms with E-state index in [-0.39, 0.29) is 10.6 Å². The molecule has 0 atom stereocenters. The summed E-state index contributed by atoms with van der Waals surface area (Å²) in [5.74, 6) is 0.504. The third kappa shape index (κ3) is 6.55. The van der Waals surface area contributed by atoms with Gasteiger partial charge < -0.3 is 18.2 Å². The van der Waals surface area contributed by atoms with Crippen LogP contribution in [-0.4, -0.2) is 31.2 Å². The van der Waals surface area contributed by atoms with E-state index in [4.69, 9.17) is 13.7 Å². The monoisotopic (exact) mass is 535 g/mol. The van der Waals surface area contributed by atoms with Gasteiger partial charge in [-0.15, -0.1) is 0 Å². The molecule has 7 nitrogen and oxygen atoms in total. The molecule has 0 N–H and O–H groups in total. The van der Waals surface area contributed by atoms with Gasteiger partial charge in [0.2, 0.25) is 0 Å². The van der Waals surface area contributed by atoms with Crippen molar-refractivity contribution < 1.29 is 26.9 Å². The lowest BCUT2D eigenvalue weighted by atomic mass is 10.1. The third-order valence-corrected chi connectivity index (χ3v) is 7.42. The van der Waals surface area contributed by atoms with Gasteiger partial charge in [0.15, 0.2) is 5.60 Å². The SMILES string of the molecule is CCOC(=O)C(C)(C)Oc1cccc(CCCn2ccc3cc(OS(=O)(=O)c4ccc(C)cc4)ccc32)c1. The van der Waals surface area contributed by atoms with Gasteiger partial charge in [0, 0.05) is 23.6 Å². The normalized spacial score (nSPS) is 11.9. The summed E-state index contributed by atoms with van der Waals surface area (Å²) in [6.07, 6.45) is 3.70. The topological polar surface area (TPSA) is 83.8 Å². The Labute approximate surface area is 224 Å². The maximum absolute atomic E-state index is 12.6. The minimum atomic E-state index is -3.90. The van der Waals surface area contributed by atoms with Crippen molar-refractivity contribution in [2.45, 2.75) is 57.6 Å². The Hall–Kier alpha value is -3.78. The molecule has 0 aliphatic carbocycles.